The predicted molar refractivity (Wildman–Crippen MR) is 180 cm³/mol. The summed E-state index contributed by atoms with van der Waals surface area (Å²) < 4.78 is 11.2. The molecule has 3 amide bonds. The number of carbonyl (C=O) groups excluding carboxylic acids is 4. The minimum absolute atomic E-state index is 0.197. The lowest BCUT2D eigenvalue weighted by Gasteiger charge is -2.43. The van der Waals surface area contributed by atoms with E-state index in [9.17, 15) is 19.2 Å². The molecule has 2 aromatic rings. The molecule has 2 rings (SSSR count). The van der Waals surface area contributed by atoms with Gasteiger partial charge in [0.25, 0.3) is 0 Å². The summed E-state index contributed by atoms with van der Waals surface area (Å²) in [6.45, 7) is 16.1. The average molecular weight is 642 g/mol. The second kappa shape index (κ2) is 16.2. The van der Waals surface area contributed by atoms with E-state index in [1.165, 1.54) is 4.90 Å². The van der Waals surface area contributed by atoms with Crippen LogP contribution >= 0.6 is 11.8 Å². The molecule has 2 N–H and O–H groups in total. The Kier molecular flexibility index (Phi) is 13.5. The minimum Gasteiger partial charge on any atom is -0.458 e. The Balaban J connectivity index is 2.59. The number of nitrogens with one attached hydrogen (secondary N) is 2. The normalized spacial score (nSPS) is 14.0. The molecule has 0 aliphatic carbocycles. The van der Waals surface area contributed by atoms with Gasteiger partial charge in [0.2, 0.25) is 11.8 Å². The van der Waals surface area contributed by atoms with Gasteiger partial charge in [-0.05, 0) is 91.9 Å². The quantitative estimate of drug-likeness (QED) is 0.271. The third kappa shape index (κ3) is 12.8. The third-order valence-electron chi connectivity index (χ3n) is 6.47. The molecule has 9 nitrogen and oxygen atoms in total. The molecule has 0 bridgehead atoms. The number of carbonyl (C=O) groups is 4. The van der Waals surface area contributed by atoms with Gasteiger partial charge in [-0.2, -0.15) is 11.8 Å². The van der Waals surface area contributed by atoms with Gasteiger partial charge in [0, 0.05) is 12.0 Å². The van der Waals surface area contributed by atoms with Gasteiger partial charge in [0.15, 0.2) is 0 Å². The van der Waals surface area contributed by atoms with E-state index < -0.39 is 58.7 Å². The van der Waals surface area contributed by atoms with Crippen molar-refractivity contribution in [1.29, 1.82) is 0 Å². The van der Waals surface area contributed by atoms with Gasteiger partial charge in [-0.3, -0.25) is 9.59 Å². The van der Waals surface area contributed by atoms with Gasteiger partial charge in [-0.15, -0.1) is 0 Å². The number of rotatable bonds is 12. The lowest BCUT2D eigenvalue weighted by atomic mass is 9.94. The molecular formula is C35H51N3O6S. The molecule has 0 spiro atoms. The summed E-state index contributed by atoms with van der Waals surface area (Å²) in [5, 5.41) is 5.68. The van der Waals surface area contributed by atoms with Crippen LogP contribution in [-0.2, 0) is 30.3 Å². The summed E-state index contributed by atoms with van der Waals surface area (Å²) in [4.78, 5) is 56.7. The van der Waals surface area contributed by atoms with Crippen LogP contribution in [0.1, 0.15) is 85.9 Å². The highest BCUT2D eigenvalue weighted by molar-refractivity contribution is 7.98. The van der Waals surface area contributed by atoms with E-state index in [0.717, 1.165) is 5.56 Å². The van der Waals surface area contributed by atoms with Crippen LogP contribution in [0.2, 0.25) is 0 Å². The number of esters is 1. The molecular weight excluding hydrogens is 590 g/mol. The SMILES string of the molecule is CSCCC(NC(=O)OC(C)(C)C)C(=O)N(C(C(=O)NC(Cc1ccccc1)C(=O)OC(C)(C)C)c1ccccc1)C(C)(C)C. The number of thioether (sulfide) groups is 1. The zero-order valence-electron chi connectivity index (χ0n) is 28.4. The van der Waals surface area contributed by atoms with Crippen molar-refractivity contribution >= 4 is 35.6 Å². The summed E-state index contributed by atoms with van der Waals surface area (Å²) in [6.07, 6.45) is 1.72. The number of hydrogen-bond acceptors (Lipinski definition) is 7. The lowest BCUT2D eigenvalue weighted by molar-refractivity contribution is -0.159. The standard InChI is InChI=1S/C35H51N3O6S/c1-33(2,3)38(30(40)26(21-22-45-10)37-32(42)44-35(7,8)9)28(25-19-15-12-16-20-25)29(39)36-27(31(41)43-34(4,5)6)23-24-17-13-11-14-18-24/h11-20,26-28H,21-23H2,1-10H3,(H,36,39)(H,37,42). The lowest BCUT2D eigenvalue weighted by Crippen LogP contribution is -2.59. The predicted octanol–water partition coefficient (Wildman–Crippen LogP) is 6.07. The first-order valence-corrected chi connectivity index (χ1v) is 16.7. The van der Waals surface area contributed by atoms with E-state index in [1.54, 1.807) is 77.6 Å². The molecule has 0 aliphatic rings. The van der Waals surface area contributed by atoms with Crippen LogP contribution in [0, 0.1) is 0 Å². The highest BCUT2D eigenvalue weighted by atomic mass is 32.2. The maximum absolute atomic E-state index is 14.5. The van der Waals surface area contributed by atoms with E-state index in [4.69, 9.17) is 9.47 Å². The molecule has 0 aromatic heterocycles. The molecule has 0 aliphatic heterocycles. The second-order valence-corrected chi connectivity index (χ2v) is 14.9. The van der Waals surface area contributed by atoms with Crippen molar-refractivity contribution in [2.45, 2.75) is 110 Å². The number of nitrogens with zero attached hydrogens (tertiary/aromatic N) is 1. The van der Waals surface area contributed by atoms with Crippen molar-refractivity contribution in [3.63, 3.8) is 0 Å². The second-order valence-electron chi connectivity index (χ2n) is 14.0. The molecule has 45 heavy (non-hydrogen) atoms. The van der Waals surface area contributed by atoms with Crippen LogP contribution < -0.4 is 10.6 Å². The minimum atomic E-state index is -1.13. The molecule has 248 valence electrons. The number of alkyl carbamates (subject to hydrolysis) is 1. The molecule has 0 saturated heterocycles. The number of amides is 3. The summed E-state index contributed by atoms with van der Waals surface area (Å²) >= 11 is 1.54. The third-order valence-corrected chi connectivity index (χ3v) is 7.12. The summed E-state index contributed by atoms with van der Waals surface area (Å²) in [5.74, 6) is -0.977. The summed E-state index contributed by atoms with van der Waals surface area (Å²) in [5.41, 5.74) is -1.01. The average Bonchev–Trinajstić information content (AvgIpc) is 2.91. The Morgan fingerprint density at radius 2 is 1.29 bits per heavy atom. The molecule has 2 aromatic carbocycles. The monoisotopic (exact) mass is 641 g/mol. The van der Waals surface area contributed by atoms with Gasteiger partial charge in [-0.25, -0.2) is 9.59 Å². The Labute approximate surface area is 273 Å². The van der Waals surface area contributed by atoms with Crippen LogP contribution in [0.5, 0.6) is 0 Å². The van der Waals surface area contributed by atoms with Crippen LogP contribution in [0.25, 0.3) is 0 Å². The summed E-state index contributed by atoms with van der Waals surface area (Å²) in [6, 6.07) is 15.2. The number of hydrogen-bond donors (Lipinski definition) is 2. The fourth-order valence-electron chi connectivity index (χ4n) is 4.68. The highest BCUT2D eigenvalue weighted by Crippen LogP contribution is 2.31. The van der Waals surface area contributed by atoms with Gasteiger partial charge in [0.1, 0.15) is 29.3 Å². The van der Waals surface area contributed by atoms with E-state index in [1.807, 2.05) is 63.4 Å². The van der Waals surface area contributed by atoms with Crippen molar-refractivity contribution in [1.82, 2.24) is 15.5 Å². The summed E-state index contributed by atoms with van der Waals surface area (Å²) in [7, 11) is 0. The Morgan fingerprint density at radius 3 is 1.78 bits per heavy atom. The number of ether oxygens (including phenoxy) is 2. The Hall–Kier alpha value is -3.53. The zero-order valence-corrected chi connectivity index (χ0v) is 29.2. The maximum atomic E-state index is 14.5. The van der Waals surface area contributed by atoms with E-state index >= 15 is 0 Å². The molecule has 0 fully saturated rings. The van der Waals surface area contributed by atoms with E-state index in [0.29, 0.717) is 17.7 Å². The van der Waals surface area contributed by atoms with Crippen molar-refractivity contribution in [3.05, 3.63) is 71.8 Å². The van der Waals surface area contributed by atoms with Gasteiger partial charge < -0.3 is 25.0 Å². The maximum Gasteiger partial charge on any atom is 0.408 e. The number of benzene rings is 2. The largest absolute Gasteiger partial charge is 0.458 e. The fourth-order valence-corrected chi connectivity index (χ4v) is 5.15. The van der Waals surface area contributed by atoms with Crippen molar-refractivity contribution in [2.24, 2.45) is 0 Å². The van der Waals surface area contributed by atoms with Crippen LogP contribution in [0.15, 0.2) is 60.7 Å². The Morgan fingerprint density at radius 1 is 0.756 bits per heavy atom. The van der Waals surface area contributed by atoms with Crippen LogP contribution in [0.3, 0.4) is 0 Å². The van der Waals surface area contributed by atoms with E-state index in [-0.39, 0.29) is 6.42 Å². The van der Waals surface area contributed by atoms with Crippen molar-refractivity contribution < 1.29 is 28.7 Å². The highest BCUT2D eigenvalue weighted by Gasteiger charge is 2.43. The Bertz CT molecular complexity index is 1270. The van der Waals surface area contributed by atoms with Crippen LogP contribution in [0.4, 0.5) is 4.79 Å². The smallest absolute Gasteiger partial charge is 0.408 e. The fraction of sp³-hybridized carbons (Fsp3) is 0.543. The van der Waals surface area contributed by atoms with Crippen LogP contribution in [-0.4, -0.2) is 69.6 Å². The van der Waals surface area contributed by atoms with Crippen molar-refractivity contribution in [2.75, 3.05) is 12.0 Å². The first kappa shape index (κ1) is 37.7. The first-order chi connectivity index (χ1) is 20.8. The van der Waals surface area contributed by atoms with Gasteiger partial charge in [-0.1, -0.05) is 60.7 Å². The molecule has 10 heteroatoms. The molecule has 3 atom stereocenters. The first-order valence-electron chi connectivity index (χ1n) is 15.3. The van der Waals surface area contributed by atoms with Crippen molar-refractivity contribution in [3.8, 4) is 0 Å². The van der Waals surface area contributed by atoms with Gasteiger partial charge >= 0.3 is 12.1 Å². The molecule has 0 heterocycles. The topological polar surface area (TPSA) is 114 Å². The van der Waals surface area contributed by atoms with Gasteiger partial charge in [0.05, 0.1) is 0 Å². The molecule has 0 saturated carbocycles. The zero-order chi connectivity index (χ0) is 34.0. The molecule has 3 unspecified atom stereocenters. The van der Waals surface area contributed by atoms with E-state index in [2.05, 4.69) is 10.6 Å². The molecule has 0 radical (unpaired) electrons.